The van der Waals surface area contributed by atoms with Crippen molar-refractivity contribution in [3.05, 3.63) is 29.8 Å². The van der Waals surface area contributed by atoms with Crippen LogP contribution in [0, 0.1) is 5.95 Å². The van der Waals surface area contributed by atoms with Crippen LogP contribution >= 0.6 is 0 Å². The average molecular weight is 177 g/mol. The smallest absolute Gasteiger partial charge is 0.268 e. The van der Waals surface area contributed by atoms with E-state index >= 15 is 0 Å². The third-order valence-corrected chi connectivity index (χ3v) is 1.35. The highest BCUT2D eigenvalue weighted by molar-refractivity contribution is 5.14. The van der Waals surface area contributed by atoms with E-state index in [0.717, 1.165) is 12.3 Å². The first-order valence-electron chi connectivity index (χ1n) is 3.19. The Morgan fingerprint density at radius 1 is 1.42 bits per heavy atom. The van der Waals surface area contributed by atoms with Gasteiger partial charge in [0.1, 0.15) is 6.10 Å². The van der Waals surface area contributed by atoms with Crippen LogP contribution < -0.4 is 0 Å². The Morgan fingerprint density at radius 2 is 2.08 bits per heavy atom. The number of pyridine rings is 1. The van der Waals surface area contributed by atoms with Crippen LogP contribution in [-0.4, -0.2) is 16.5 Å². The molecule has 0 radical (unpaired) electrons. The molecule has 0 amide bonds. The molecular weight excluding hydrogens is 171 g/mol. The van der Waals surface area contributed by atoms with E-state index in [9.17, 15) is 13.2 Å². The Morgan fingerprint density at radius 3 is 2.58 bits per heavy atom. The summed E-state index contributed by atoms with van der Waals surface area (Å²) in [6.45, 7) is 0. The van der Waals surface area contributed by atoms with Gasteiger partial charge in [0, 0.05) is 11.8 Å². The molecule has 0 aliphatic heterocycles. The Bertz CT molecular complexity index is 267. The molecule has 1 heterocycles. The fraction of sp³-hybridized carbons (Fsp3) is 0.286. The molecule has 5 heteroatoms. The number of aliphatic hydroxyl groups excluding tert-OH is 1. The normalized spacial score (nSPS) is 13.4. The van der Waals surface area contributed by atoms with Gasteiger partial charge in [-0.3, -0.25) is 0 Å². The number of alkyl halides is 2. The van der Waals surface area contributed by atoms with Crippen LogP contribution in [0.15, 0.2) is 18.3 Å². The highest BCUT2D eigenvalue weighted by Crippen LogP contribution is 2.21. The molecule has 0 saturated carbocycles. The summed E-state index contributed by atoms with van der Waals surface area (Å²) < 4.78 is 36.3. The maximum atomic E-state index is 12.6. The predicted molar refractivity (Wildman–Crippen MR) is 35.2 cm³/mol. The second-order valence-corrected chi connectivity index (χ2v) is 2.16. The van der Waals surface area contributed by atoms with E-state index in [0.29, 0.717) is 0 Å². The Balaban J connectivity index is 2.94. The number of halogens is 3. The van der Waals surface area contributed by atoms with E-state index in [1.54, 1.807) is 0 Å². The van der Waals surface area contributed by atoms with Gasteiger partial charge in [-0.05, 0) is 6.07 Å². The minimum absolute atomic E-state index is 0.479. The number of hydrogen-bond acceptors (Lipinski definition) is 2. The molecule has 1 aromatic heterocycles. The van der Waals surface area contributed by atoms with E-state index in [4.69, 9.17) is 5.11 Å². The first-order valence-corrected chi connectivity index (χ1v) is 3.19. The monoisotopic (exact) mass is 177 g/mol. The summed E-state index contributed by atoms with van der Waals surface area (Å²) in [7, 11) is 0. The van der Waals surface area contributed by atoms with Gasteiger partial charge in [-0.25, -0.2) is 13.8 Å². The SMILES string of the molecule is OC(c1cccnc1F)C(F)F. The van der Waals surface area contributed by atoms with Gasteiger partial charge >= 0.3 is 0 Å². The molecule has 0 fully saturated rings. The van der Waals surface area contributed by atoms with Crippen LogP contribution in [0.3, 0.4) is 0 Å². The molecule has 66 valence electrons. The van der Waals surface area contributed by atoms with Crippen molar-refractivity contribution in [3.63, 3.8) is 0 Å². The molecule has 0 bridgehead atoms. The summed E-state index contributed by atoms with van der Waals surface area (Å²) in [4.78, 5) is 3.12. The summed E-state index contributed by atoms with van der Waals surface area (Å²) in [6.07, 6.45) is -3.97. The minimum Gasteiger partial charge on any atom is -0.382 e. The number of nitrogens with zero attached hydrogens (tertiary/aromatic N) is 1. The molecule has 0 aromatic carbocycles. The lowest BCUT2D eigenvalue weighted by Crippen LogP contribution is -2.10. The molecule has 1 aromatic rings. The highest BCUT2D eigenvalue weighted by atomic mass is 19.3. The van der Waals surface area contributed by atoms with Gasteiger partial charge in [0.2, 0.25) is 5.95 Å². The average Bonchev–Trinajstić information content (AvgIpc) is 2.04. The van der Waals surface area contributed by atoms with Crippen LogP contribution in [0.4, 0.5) is 13.2 Å². The van der Waals surface area contributed by atoms with E-state index in [-0.39, 0.29) is 0 Å². The lowest BCUT2D eigenvalue weighted by Gasteiger charge is -2.08. The lowest BCUT2D eigenvalue weighted by atomic mass is 10.2. The molecule has 0 aliphatic rings. The fourth-order valence-electron chi connectivity index (χ4n) is 0.755. The Kier molecular flexibility index (Phi) is 2.65. The molecular formula is C7H6F3NO. The Hall–Kier alpha value is -1.10. The first kappa shape index (κ1) is 8.99. The molecule has 0 spiro atoms. The molecule has 1 rings (SSSR count). The molecule has 0 aliphatic carbocycles. The van der Waals surface area contributed by atoms with E-state index in [1.165, 1.54) is 6.07 Å². The van der Waals surface area contributed by atoms with Gasteiger partial charge in [0.15, 0.2) is 0 Å². The molecule has 2 nitrogen and oxygen atoms in total. The van der Waals surface area contributed by atoms with Crippen molar-refractivity contribution in [1.29, 1.82) is 0 Å². The second kappa shape index (κ2) is 3.53. The van der Waals surface area contributed by atoms with E-state index in [1.807, 2.05) is 0 Å². The van der Waals surface area contributed by atoms with Crippen molar-refractivity contribution < 1.29 is 18.3 Å². The fourth-order valence-corrected chi connectivity index (χ4v) is 0.755. The predicted octanol–water partition coefficient (Wildman–Crippen LogP) is 1.52. The van der Waals surface area contributed by atoms with Crippen LogP contribution in [-0.2, 0) is 0 Å². The zero-order valence-corrected chi connectivity index (χ0v) is 5.92. The third-order valence-electron chi connectivity index (χ3n) is 1.35. The number of aromatic nitrogens is 1. The van der Waals surface area contributed by atoms with E-state index in [2.05, 4.69) is 4.98 Å². The van der Waals surface area contributed by atoms with Crippen LogP contribution in [0.25, 0.3) is 0 Å². The summed E-state index contributed by atoms with van der Waals surface area (Å²) in [5, 5.41) is 8.75. The Labute approximate surface area is 66.7 Å². The third kappa shape index (κ3) is 1.73. The first-order chi connectivity index (χ1) is 5.63. The molecule has 12 heavy (non-hydrogen) atoms. The van der Waals surface area contributed by atoms with Crippen LogP contribution in [0.5, 0.6) is 0 Å². The largest absolute Gasteiger partial charge is 0.382 e. The summed E-state index contributed by atoms with van der Waals surface area (Å²) in [5.74, 6) is -1.06. The van der Waals surface area contributed by atoms with Gasteiger partial charge in [0.05, 0.1) is 0 Å². The van der Waals surface area contributed by atoms with Crippen molar-refractivity contribution in [2.45, 2.75) is 12.5 Å². The molecule has 1 N–H and O–H groups in total. The quantitative estimate of drug-likeness (QED) is 0.694. The van der Waals surface area contributed by atoms with Crippen molar-refractivity contribution in [1.82, 2.24) is 4.98 Å². The van der Waals surface area contributed by atoms with Gasteiger partial charge in [-0.1, -0.05) is 6.07 Å². The number of aliphatic hydroxyl groups is 1. The van der Waals surface area contributed by atoms with Crippen molar-refractivity contribution in [2.75, 3.05) is 0 Å². The van der Waals surface area contributed by atoms with Crippen LogP contribution in [0.2, 0.25) is 0 Å². The molecule has 1 atom stereocenters. The van der Waals surface area contributed by atoms with Crippen molar-refractivity contribution in [2.24, 2.45) is 0 Å². The van der Waals surface area contributed by atoms with Gasteiger partial charge in [-0.15, -0.1) is 0 Å². The topological polar surface area (TPSA) is 33.1 Å². The van der Waals surface area contributed by atoms with Gasteiger partial charge in [-0.2, -0.15) is 4.39 Å². The summed E-state index contributed by atoms with van der Waals surface area (Å²) >= 11 is 0. The van der Waals surface area contributed by atoms with Crippen molar-refractivity contribution >= 4 is 0 Å². The zero-order valence-electron chi connectivity index (χ0n) is 5.92. The highest BCUT2D eigenvalue weighted by Gasteiger charge is 2.22. The van der Waals surface area contributed by atoms with Gasteiger partial charge in [0.25, 0.3) is 6.43 Å². The lowest BCUT2D eigenvalue weighted by molar-refractivity contribution is -0.00812. The minimum atomic E-state index is -3.00. The zero-order chi connectivity index (χ0) is 9.14. The van der Waals surface area contributed by atoms with Crippen molar-refractivity contribution in [3.8, 4) is 0 Å². The molecule has 1 unspecified atom stereocenters. The van der Waals surface area contributed by atoms with E-state index < -0.39 is 24.0 Å². The molecule has 0 saturated heterocycles. The standard InChI is InChI=1S/C7H6F3NO/c8-6(9)5(12)4-2-1-3-11-7(4)10/h1-3,5-6,12H. The summed E-state index contributed by atoms with van der Waals surface area (Å²) in [5.41, 5.74) is -0.479. The maximum absolute atomic E-state index is 12.6. The number of hydrogen-bond donors (Lipinski definition) is 1. The number of rotatable bonds is 2. The maximum Gasteiger partial charge on any atom is 0.268 e. The summed E-state index contributed by atoms with van der Waals surface area (Å²) in [6, 6.07) is 2.35. The van der Waals surface area contributed by atoms with Gasteiger partial charge < -0.3 is 5.11 Å². The van der Waals surface area contributed by atoms with Crippen LogP contribution in [0.1, 0.15) is 11.7 Å². The second-order valence-electron chi connectivity index (χ2n) is 2.16.